The molecule has 0 aromatic rings. The summed E-state index contributed by atoms with van der Waals surface area (Å²) in [7, 11) is 0. The van der Waals surface area contributed by atoms with Gasteiger partial charge in [-0.3, -0.25) is 4.79 Å². The molecular formula is C29H45NO3. The second-order valence-corrected chi connectivity index (χ2v) is 13.5. The lowest BCUT2D eigenvalue weighted by molar-refractivity contribution is -0.200. The number of likely N-dealkylation sites (tertiary alicyclic amines) is 1. The molecule has 33 heavy (non-hydrogen) atoms. The number of aliphatic hydroxyl groups excluding tert-OH is 1. The minimum Gasteiger partial charge on any atom is -0.393 e. The van der Waals surface area contributed by atoms with Crippen molar-refractivity contribution < 1.29 is 14.6 Å². The van der Waals surface area contributed by atoms with Crippen LogP contribution in [0.3, 0.4) is 0 Å². The Morgan fingerprint density at radius 2 is 1.91 bits per heavy atom. The lowest BCUT2D eigenvalue weighted by Crippen LogP contribution is -2.60. The topological polar surface area (TPSA) is 49.8 Å². The predicted octanol–water partition coefficient (Wildman–Crippen LogP) is 5.55. The number of carbonyl (C=O) groups excluding carboxylic acids is 1. The van der Waals surface area contributed by atoms with Crippen molar-refractivity contribution in [3.63, 3.8) is 0 Å². The van der Waals surface area contributed by atoms with Gasteiger partial charge in [0, 0.05) is 19.4 Å². The average Bonchev–Trinajstić information content (AvgIpc) is 3.21. The van der Waals surface area contributed by atoms with E-state index in [2.05, 4.69) is 38.7 Å². The van der Waals surface area contributed by atoms with Crippen LogP contribution in [0.15, 0.2) is 11.6 Å². The van der Waals surface area contributed by atoms with E-state index >= 15 is 0 Å². The van der Waals surface area contributed by atoms with Crippen molar-refractivity contribution in [1.29, 1.82) is 0 Å². The summed E-state index contributed by atoms with van der Waals surface area (Å²) in [5.74, 6) is 3.95. The normalized spacial score (nSPS) is 55.5. The Bertz CT molecular complexity index is 869. The van der Waals surface area contributed by atoms with Crippen LogP contribution in [0.1, 0.15) is 92.4 Å². The van der Waals surface area contributed by atoms with E-state index in [-0.39, 0.29) is 17.7 Å². The lowest BCUT2D eigenvalue weighted by atomic mass is 9.47. The molecule has 184 valence electrons. The largest absolute Gasteiger partial charge is 0.393 e. The number of hydrogen-bond donors (Lipinski definition) is 1. The fourth-order valence-corrected chi connectivity index (χ4v) is 10.5. The highest BCUT2D eigenvalue weighted by molar-refractivity contribution is 5.74. The molecule has 4 nitrogen and oxygen atoms in total. The Balaban J connectivity index is 1.30. The van der Waals surface area contributed by atoms with Gasteiger partial charge in [-0.1, -0.05) is 39.3 Å². The van der Waals surface area contributed by atoms with Crippen molar-refractivity contribution in [2.75, 3.05) is 6.54 Å². The van der Waals surface area contributed by atoms with E-state index in [0.29, 0.717) is 34.7 Å². The summed E-state index contributed by atoms with van der Waals surface area (Å²) >= 11 is 0. The zero-order valence-electron chi connectivity index (χ0n) is 21.5. The van der Waals surface area contributed by atoms with Gasteiger partial charge in [0.15, 0.2) is 0 Å². The smallest absolute Gasteiger partial charge is 0.221 e. The van der Waals surface area contributed by atoms with E-state index < -0.39 is 0 Å². The Labute approximate surface area is 200 Å². The number of fused-ring (bicyclic) bond motifs is 7. The summed E-state index contributed by atoms with van der Waals surface area (Å²) in [5, 5.41) is 10.3. The van der Waals surface area contributed by atoms with Gasteiger partial charge in [-0.25, -0.2) is 0 Å². The minimum absolute atomic E-state index is 0.131. The number of ether oxygens (including phenoxy) is 1. The molecule has 4 aliphatic carbocycles. The highest BCUT2D eigenvalue weighted by atomic mass is 16.5. The number of aliphatic hydroxyl groups is 1. The lowest BCUT2D eigenvalue weighted by Gasteiger charge is -2.59. The molecule has 11 atom stereocenters. The summed E-state index contributed by atoms with van der Waals surface area (Å²) < 4.78 is 7.09. The molecule has 2 aliphatic heterocycles. The van der Waals surface area contributed by atoms with Crippen LogP contribution in [0.2, 0.25) is 0 Å². The van der Waals surface area contributed by atoms with Crippen LogP contribution < -0.4 is 0 Å². The maximum Gasteiger partial charge on any atom is 0.221 e. The third-order valence-electron chi connectivity index (χ3n) is 12.1. The first-order chi connectivity index (χ1) is 15.6. The van der Waals surface area contributed by atoms with Crippen molar-refractivity contribution in [3.05, 3.63) is 11.6 Å². The third-order valence-corrected chi connectivity index (χ3v) is 12.1. The number of hydrogen-bond acceptors (Lipinski definition) is 3. The SMILES string of the molecule is CC(=O)N1C[C@H](C)CC[C@@]12O[C@H]1C[C@H]3[C@@H]4CC=C5C[C@@H](O)CC[C@]5(C)[C@H]4CC[C@]3(C)[C@H]1[C@H]2C. The average molecular weight is 456 g/mol. The molecule has 2 saturated heterocycles. The number of piperidine rings is 1. The predicted molar refractivity (Wildman–Crippen MR) is 129 cm³/mol. The van der Waals surface area contributed by atoms with Gasteiger partial charge < -0.3 is 14.7 Å². The fourth-order valence-electron chi connectivity index (χ4n) is 10.5. The van der Waals surface area contributed by atoms with Crippen molar-refractivity contribution in [3.8, 4) is 0 Å². The van der Waals surface area contributed by atoms with Crippen molar-refractivity contribution in [2.24, 2.45) is 46.3 Å². The van der Waals surface area contributed by atoms with Gasteiger partial charge >= 0.3 is 0 Å². The number of amides is 1. The standard InChI is InChI=1S/C29H45NO3/c1-17-8-13-29(30(16-17)19(3)31)18(2)26-25(33-29)15-24-22-7-6-20-14-21(32)9-11-27(20,4)23(22)10-12-28(24,26)5/h6,17-18,21-26,32H,7-16H2,1-5H3/t17-,18-,21+,22-,23+,24+,25+,26+,27+,28+,29+/m1/s1. The molecule has 6 aliphatic rings. The molecule has 1 N–H and O–H groups in total. The molecule has 4 heteroatoms. The number of nitrogens with zero attached hydrogens (tertiary/aromatic N) is 1. The van der Waals surface area contributed by atoms with Crippen LogP contribution in [0.4, 0.5) is 0 Å². The van der Waals surface area contributed by atoms with E-state index in [1.165, 1.54) is 25.7 Å². The van der Waals surface area contributed by atoms with Crippen LogP contribution in [-0.4, -0.2) is 40.4 Å². The Morgan fingerprint density at radius 1 is 1.12 bits per heavy atom. The Morgan fingerprint density at radius 3 is 2.67 bits per heavy atom. The molecule has 0 unspecified atom stereocenters. The van der Waals surface area contributed by atoms with Crippen LogP contribution in [0.25, 0.3) is 0 Å². The van der Waals surface area contributed by atoms with Crippen LogP contribution >= 0.6 is 0 Å². The molecular weight excluding hydrogens is 410 g/mol. The van der Waals surface area contributed by atoms with E-state index in [1.807, 2.05) is 0 Å². The van der Waals surface area contributed by atoms with Gasteiger partial charge in [0.2, 0.25) is 5.91 Å². The minimum atomic E-state index is -0.371. The summed E-state index contributed by atoms with van der Waals surface area (Å²) in [6, 6.07) is 0. The maximum absolute atomic E-state index is 12.7. The molecule has 5 fully saturated rings. The number of allylic oxidation sites excluding steroid dienone is 1. The molecule has 0 aromatic heterocycles. The third kappa shape index (κ3) is 2.92. The fraction of sp³-hybridized carbons (Fsp3) is 0.897. The molecule has 1 spiro atoms. The van der Waals surface area contributed by atoms with Crippen molar-refractivity contribution >= 4 is 5.91 Å². The number of carbonyl (C=O) groups is 1. The maximum atomic E-state index is 12.7. The summed E-state index contributed by atoms with van der Waals surface area (Å²) in [5.41, 5.74) is 1.79. The van der Waals surface area contributed by atoms with Gasteiger partial charge in [0.1, 0.15) is 5.72 Å². The van der Waals surface area contributed by atoms with Crippen LogP contribution in [0.5, 0.6) is 0 Å². The zero-order valence-corrected chi connectivity index (χ0v) is 21.5. The highest BCUT2D eigenvalue weighted by Gasteiger charge is 2.69. The van der Waals surface area contributed by atoms with E-state index in [0.717, 1.165) is 56.4 Å². The molecule has 1 amide bonds. The Hall–Kier alpha value is -0.870. The Kier molecular flexibility index (Phi) is 5.01. The van der Waals surface area contributed by atoms with Gasteiger partial charge in [-0.05, 0) is 98.2 Å². The van der Waals surface area contributed by atoms with Crippen molar-refractivity contribution in [1.82, 2.24) is 4.90 Å². The van der Waals surface area contributed by atoms with Crippen LogP contribution in [0, 0.1) is 46.3 Å². The highest BCUT2D eigenvalue weighted by Crippen LogP contribution is 2.70. The summed E-state index contributed by atoms with van der Waals surface area (Å²) in [4.78, 5) is 14.9. The molecule has 2 heterocycles. The summed E-state index contributed by atoms with van der Waals surface area (Å²) in [6.45, 7) is 12.4. The quantitative estimate of drug-likeness (QED) is 0.488. The van der Waals surface area contributed by atoms with Crippen LogP contribution in [-0.2, 0) is 9.53 Å². The summed E-state index contributed by atoms with van der Waals surface area (Å²) in [6.07, 6.45) is 12.9. The first-order valence-electron chi connectivity index (χ1n) is 13.9. The van der Waals surface area contributed by atoms with E-state index in [4.69, 9.17) is 4.74 Å². The van der Waals surface area contributed by atoms with Gasteiger partial charge in [0.05, 0.1) is 12.2 Å². The van der Waals surface area contributed by atoms with Gasteiger partial charge in [-0.2, -0.15) is 0 Å². The zero-order chi connectivity index (χ0) is 23.3. The number of rotatable bonds is 0. The first-order valence-corrected chi connectivity index (χ1v) is 13.9. The molecule has 0 bridgehead atoms. The molecule has 6 rings (SSSR count). The second kappa shape index (κ2) is 7.32. The van der Waals surface area contributed by atoms with Crippen molar-refractivity contribution in [2.45, 2.75) is 110 Å². The second-order valence-electron chi connectivity index (χ2n) is 13.5. The molecule has 3 saturated carbocycles. The van der Waals surface area contributed by atoms with Gasteiger partial charge in [0.25, 0.3) is 0 Å². The van der Waals surface area contributed by atoms with E-state index in [1.54, 1.807) is 12.5 Å². The van der Waals surface area contributed by atoms with Gasteiger partial charge in [-0.15, -0.1) is 0 Å². The molecule has 0 radical (unpaired) electrons. The molecule has 0 aromatic carbocycles. The van der Waals surface area contributed by atoms with E-state index in [9.17, 15) is 9.90 Å². The monoisotopic (exact) mass is 455 g/mol. The first kappa shape index (κ1) is 22.6.